The lowest BCUT2D eigenvalue weighted by Crippen LogP contribution is -2.42. The molecular formula is C19H25N3O6. The van der Waals surface area contributed by atoms with E-state index in [9.17, 15) is 14.4 Å². The normalized spacial score (nSPS) is 16.4. The van der Waals surface area contributed by atoms with Crippen molar-refractivity contribution < 1.29 is 28.7 Å². The van der Waals surface area contributed by atoms with Gasteiger partial charge in [-0.25, -0.2) is 9.59 Å². The molecule has 0 aromatic heterocycles. The van der Waals surface area contributed by atoms with Crippen molar-refractivity contribution >= 4 is 23.7 Å². The second kappa shape index (κ2) is 10.9. The van der Waals surface area contributed by atoms with Crippen LogP contribution in [-0.2, 0) is 30.5 Å². The molecule has 152 valence electrons. The van der Waals surface area contributed by atoms with Crippen molar-refractivity contribution in [3.05, 3.63) is 35.9 Å². The Hall–Kier alpha value is -3.10. The van der Waals surface area contributed by atoms with E-state index in [1.165, 1.54) is 7.11 Å². The molecule has 1 aromatic rings. The van der Waals surface area contributed by atoms with Crippen LogP contribution in [0, 0.1) is 0 Å². The summed E-state index contributed by atoms with van der Waals surface area (Å²) in [6.45, 7) is 2.25. The quantitative estimate of drug-likeness (QED) is 0.617. The Kier molecular flexibility index (Phi) is 8.26. The Morgan fingerprint density at radius 1 is 1.29 bits per heavy atom. The fraction of sp³-hybridized carbons (Fsp3) is 0.474. The van der Waals surface area contributed by atoms with Crippen LogP contribution in [0.25, 0.3) is 0 Å². The van der Waals surface area contributed by atoms with E-state index in [1.54, 1.807) is 0 Å². The molecule has 0 radical (unpaired) electrons. The van der Waals surface area contributed by atoms with Crippen molar-refractivity contribution in [1.29, 1.82) is 0 Å². The first-order chi connectivity index (χ1) is 13.5. The molecule has 9 nitrogen and oxygen atoms in total. The number of amides is 2. The number of carbonyl (C=O) groups excluding carboxylic acids is 3. The molecule has 0 bridgehead atoms. The minimum absolute atomic E-state index is 0.0330. The first-order valence-corrected chi connectivity index (χ1v) is 8.99. The summed E-state index contributed by atoms with van der Waals surface area (Å²) < 4.78 is 9.78. The maximum Gasteiger partial charge on any atom is 0.408 e. The third-order valence-corrected chi connectivity index (χ3v) is 4.06. The number of oxime groups is 1. The SMILES string of the molecule is COC(=O)[C@H](CCC(=O)NCC1CC(C)=NO1)NC(=O)OCc1ccccc1. The van der Waals surface area contributed by atoms with Gasteiger partial charge in [0, 0.05) is 12.8 Å². The molecule has 1 heterocycles. The lowest BCUT2D eigenvalue weighted by Gasteiger charge is -2.16. The number of alkyl carbamates (subject to hydrolysis) is 1. The van der Waals surface area contributed by atoms with E-state index in [1.807, 2.05) is 37.3 Å². The first kappa shape index (κ1) is 21.2. The summed E-state index contributed by atoms with van der Waals surface area (Å²) in [4.78, 5) is 41.0. The van der Waals surface area contributed by atoms with Gasteiger partial charge < -0.3 is 24.9 Å². The highest BCUT2D eigenvalue weighted by molar-refractivity contribution is 5.84. The molecule has 9 heteroatoms. The van der Waals surface area contributed by atoms with Crippen LogP contribution in [0.4, 0.5) is 4.79 Å². The van der Waals surface area contributed by atoms with Crippen LogP contribution in [0.15, 0.2) is 35.5 Å². The van der Waals surface area contributed by atoms with Crippen molar-refractivity contribution in [3.8, 4) is 0 Å². The zero-order chi connectivity index (χ0) is 20.4. The van der Waals surface area contributed by atoms with Crippen molar-refractivity contribution in [2.24, 2.45) is 5.16 Å². The molecule has 0 saturated heterocycles. The maximum absolute atomic E-state index is 12.0. The van der Waals surface area contributed by atoms with Gasteiger partial charge >= 0.3 is 12.1 Å². The molecule has 1 aliphatic rings. The van der Waals surface area contributed by atoms with Crippen molar-refractivity contribution in [3.63, 3.8) is 0 Å². The summed E-state index contributed by atoms with van der Waals surface area (Å²) in [5.41, 5.74) is 1.70. The number of rotatable bonds is 9. The van der Waals surface area contributed by atoms with Gasteiger partial charge in [-0.15, -0.1) is 0 Å². The molecule has 2 rings (SSSR count). The van der Waals surface area contributed by atoms with Gasteiger partial charge in [0.15, 0.2) is 0 Å². The zero-order valence-corrected chi connectivity index (χ0v) is 16.0. The molecule has 2 N–H and O–H groups in total. The number of nitrogens with zero attached hydrogens (tertiary/aromatic N) is 1. The molecule has 2 atom stereocenters. The predicted molar refractivity (Wildman–Crippen MR) is 100 cm³/mol. The van der Waals surface area contributed by atoms with Gasteiger partial charge in [-0.2, -0.15) is 0 Å². The molecule has 28 heavy (non-hydrogen) atoms. The molecular weight excluding hydrogens is 366 g/mol. The monoisotopic (exact) mass is 391 g/mol. The number of nitrogens with one attached hydrogen (secondary N) is 2. The number of carbonyl (C=O) groups is 3. The number of esters is 1. The van der Waals surface area contributed by atoms with Crippen LogP contribution in [0.3, 0.4) is 0 Å². The minimum Gasteiger partial charge on any atom is -0.467 e. The minimum atomic E-state index is -0.979. The third-order valence-electron chi connectivity index (χ3n) is 4.06. The van der Waals surface area contributed by atoms with Crippen LogP contribution < -0.4 is 10.6 Å². The van der Waals surface area contributed by atoms with Crippen LogP contribution >= 0.6 is 0 Å². The van der Waals surface area contributed by atoms with Gasteiger partial charge in [0.05, 0.1) is 19.4 Å². The van der Waals surface area contributed by atoms with Crippen LogP contribution in [0.1, 0.15) is 31.7 Å². The number of methoxy groups -OCH3 is 1. The highest BCUT2D eigenvalue weighted by Crippen LogP contribution is 2.09. The predicted octanol–water partition coefficient (Wildman–Crippen LogP) is 1.52. The van der Waals surface area contributed by atoms with E-state index in [-0.39, 0.29) is 31.5 Å². The van der Waals surface area contributed by atoms with Gasteiger partial charge in [-0.1, -0.05) is 35.5 Å². The Morgan fingerprint density at radius 3 is 2.68 bits per heavy atom. The van der Waals surface area contributed by atoms with Crippen LogP contribution in [-0.4, -0.2) is 49.5 Å². The van der Waals surface area contributed by atoms with E-state index in [4.69, 9.17) is 9.57 Å². The number of benzene rings is 1. The maximum atomic E-state index is 12.0. The Bertz CT molecular complexity index is 707. The van der Waals surface area contributed by atoms with Gasteiger partial charge in [0.2, 0.25) is 5.91 Å². The van der Waals surface area contributed by atoms with Crippen molar-refractivity contribution in [2.45, 2.75) is 44.9 Å². The van der Waals surface area contributed by atoms with E-state index in [2.05, 4.69) is 20.5 Å². The average Bonchev–Trinajstić information content (AvgIpc) is 3.13. The molecule has 0 aliphatic carbocycles. The number of ether oxygens (including phenoxy) is 2. The standard InChI is InChI=1S/C19H25N3O6/c1-13-10-15(28-22-13)11-20-17(23)9-8-16(18(24)26-2)21-19(25)27-12-14-6-4-3-5-7-14/h3-7,15-16H,8-12H2,1-2H3,(H,20,23)(H,21,25)/t15?,16-/m0/s1. The van der Waals surface area contributed by atoms with E-state index >= 15 is 0 Å². The second-order valence-corrected chi connectivity index (χ2v) is 6.38. The lowest BCUT2D eigenvalue weighted by molar-refractivity contribution is -0.143. The van der Waals surface area contributed by atoms with Crippen molar-refractivity contribution in [1.82, 2.24) is 10.6 Å². The Labute approximate surface area is 163 Å². The summed E-state index contributed by atoms with van der Waals surface area (Å²) in [6.07, 6.45) is -0.149. The van der Waals surface area contributed by atoms with Crippen LogP contribution in [0.5, 0.6) is 0 Å². The first-order valence-electron chi connectivity index (χ1n) is 8.99. The molecule has 1 aliphatic heterocycles. The molecule has 0 spiro atoms. The fourth-order valence-electron chi connectivity index (χ4n) is 2.57. The smallest absolute Gasteiger partial charge is 0.408 e. The van der Waals surface area contributed by atoms with Gasteiger partial charge in [-0.05, 0) is 18.9 Å². The summed E-state index contributed by atoms with van der Waals surface area (Å²) in [5.74, 6) is -0.908. The number of hydrogen-bond donors (Lipinski definition) is 2. The third kappa shape index (κ3) is 7.26. The van der Waals surface area contributed by atoms with E-state index in [0.717, 1.165) is 11.3 Å². The lowest BCUT2D eigenvalue weighted by atomic mass is 10.1. The summed E-state index contributed by atoms with van der Waals surface area (Å²) in [7, 11) is 1.21. The fourth-order valence-corrected chi connectivity index (χ4v) is 2.57. The molecule has 1 aromatic carbocycles. The highest BCUT2D eigenvalue weighted by Gasteiger charge is 2.24. The number of hydrogen-bond acceptors (Lipinski definition) is 7. The topological polar surface area (TPSA) is 115 Å². The molecule has 0 saturated carbocycles. The van der Waals surface area contributed by atoms with Gasteiger partial charge in [0.1, 0.15) is 18.8 Å². The second-order valence-electron chi connectivity index (χ2n) is 6.38. The summed E-state index contributed by atoms with van der Waals surface area (Å²) in [6, 6.07) is 8.17. The highest BCUT2D eigenvalue weighted by atomic mass is 16.6. The summed E-state index contributed by atoms with van der Waals surface area (Å²) >= 11 is 0. The largest absolute Gasteiger partial charge is 0.467 e. The molecule has 2 amide bonds. The zero-order valence-electron chi connectivity index (χ0n) is 16.0. The van der Waals surface area contributed by atoms with E-state index in [0.29, 0.717) is 13.0 Å². The average molecular weight is 391 g/mol. The van der Waals surface area contributed by atoms with Crippen molar-refractivity contribution in [2.75, 3.05) is 13.7 Å². The Balaban J connectivity index is 1.73. The van der Waals surface area contributed by atoms with Gasteiger partial charge in [-0.3, -0.25) is 4.79 Å². The Morgan fingerprint density at radius 2 is 2.04 bits per heavy atom. The molecule has 1 unspecified atom stereocenters. The summed E-state index contributed by atoms with van der Waals surface area (Å²) in [5, 5.41) is 8.98. The van der Waals surface area contributed by atoms with Crippen LogP contribution in [0.2, 0.25) is 0 Å². The van der Waals surface area contributed by atoms with E-state index < -0.39 is 18.1 Å². The molecule has 0 fully saturated rings. The van der Waals surface area contributed by atoms with Gasteiger partial charge in [0.25, 0.3) is 0 Å².